The van der Waals surface area contributed by atoms with Crippen LogP contribution in [0, 0.1) is 0 Å². The first-order chi connectivity index (χ1) is 10.2. The summed E-state index contributed by atoms with van der Waals surface area (Å²) >= 11 is 0. The van der Waals surface area contributed by atoms with Gasteiger partial charge >= 0.3 is 5.97 Å². The molecule has 0 fully saturated rings. The first-order valence-corrected chi connectivity index (χ1v) is 6.47. The molecule has 0 bridgehead atoms. The number of rotatable bonds is 4. The van der Waals surface area contributed by atoms with E-state index in [2.05, 4.69) is 10.1 Å². The van der Waals surface area contributed by atoms with Gasteiger partial charge in [-0.15, -0.1) is 0 Å². The van der Waals surface area contributed by atoms with Crippen LogP contribution in [0.3, 0.4) is 0 Å². The third-order valence-corrected chi connectivity index (χ3v) is 3.01. The van der Waals surface area contributed by atoms with Crippen LogP contribution in [-0.4, -0.2) is 27.3 Å². The van der Waals surface area contributed by atoms with Gasteiger partial charge < -0.3 is 14.1 Å². The van der Waals surface area contributed by atoms with E-state index in [4.69, 9.17) is 9.15 Å². The number of aromatic amines is 1. The Morgan fingerprint density at radius 2 is 2.38 bits per heavy atom. The Morgan fingerprint density at radius 3 is 3.10 bits per heavy atom. The second-order valence-corrected chi connectivity index (χ2v) is 4.41. The van der Waals surface area contributed by atoms with Crippen LogP contribution in [0.1, 0.15) is 23.2 Å². The van der Waals surface area contributed by atoms with Crippen molar-refractivity contribution in [2.45, 2.75) is 13.5 Å². The number of nitrogens with one attached hydrogen (secondary N) is 1. The number of carbonyl (C=O) groups excluding carboxylic acids is 1. The first-order valence-electron chi connectivity index (χ1n) is 6.47. The van der Waals surface area contributed by atoms with Gasteiger partial charge in [-0.05, 0) is 19.1 Å². The normalized spacial score (nSPS) is 10.9. The Balaban J connectivity index is 2.06. The molecule has 0 aliphatic heterocycles. The number of pyridine rings is 1. The van der Waals surface area contributed by atoms with Gasteiger partial charge in [-0.1, -0.05) is 0 Å². The molecule has 7 nitrogen and oxygen atoms in total. The lowest BCUT2D eigenvalue weighted by Gasteiger charge is -2.04. The predicted molar refractivity (Wildman–Crippen MR) is 74.1 cm³/mol. The summed E-state index contributed by atoms with van der Waals surface area (Å²) in [6.45, 7) is 2.30. The van der Waals surface area contributed by atoms with Gasteiger partial charge in [-0.25, -0.2) is 9.48 Å². The Labute approximate surface area is 119 Å². The highest BCUT2D eigenvalue weighted by Gasteiger charge is 2.14. The van der Waals surface area contributed by atoms with E-state index in [1.165, 1.54) is 12.3 Å². The third-order valence-electron chi connectivity index (χ3n) is 3.01. The van der Waals surface area contributed by atoms with E-state index in [0.717, 1.165) is 0 Å². The van der Waals surface area contributed by atoms with Crippen molar-refractivity contribution in [1.29, 1.82) is 0 Å². The predicted octanol–water partition coefficient (Wildman–Crippen LogP) is 1.54. The lowest BCUT2D eigenvalue weighted by molar-refractivity contribution is 0.0519. The lowest BCUT2D eigenvalue weighted by atomic mass is 10.3. The summed E-state index contributed by atoms with van der Waals surface area (Å²) in [7, 11) is 0. The monoisotopic (exact) mass is 287 g/mol. The van der Waals surface area contributed by atoms with Gasteiger partial charge in [-0.3, -0.25) is 4.79 Å². The number of hydrogen-bond acceptors (Lipinski definition) is 5. The minimum absolute atomic E-state index is 0.107. The fraction of sp³-hybridized carbons (Fsp3) is 0.214. The standard InChI is InChI=1S/C14H13N3O4/c1-2-20-14(19)11-6-12(18)10-7-15-17(13(10)16-11)8-9-4-3-5-21-9/h3-7H,2,8H2,1H3,(H,16,18). The van der Waals surface area contributed by atoms with E-state index in [9.17, 15) is 9.59 Å². The molecule has 0 amide bonds. The van der Waals surface area contributed by atoms with E-state index in [0.29, 0.717) is 23.3 Å². The first kappa shape index (κ1) is 13.2. The Morgan fingerprint density at radius 1 is 1.52 bits per heavy atom. The number of H-pyrrole nitrogens is 1. The highest BCUT2D eigenvalue weighted by Crippen LogP contribution is 2.11. The lowest BCUT2D eigenvalue weighted by Crippen LogP contribution is -2.13. The number of esters is 1. The molecule has 3 rings (SSSR count). The molecule has 7 heteroatoms. The van der Waals surface area contributed by atoms with Crippen molar-refractivity contribution < 1.29 is 13.9 Å². The molecular weight excluding hydrogens is 274 g/mol. The van der Waals surface area contributed by atoms with Gasteiger partial charge in [0.15, 0.2) is 5.43 Å². The molecule has 0 aliphatic rings. The van der Waals surface area contributed by atoms with E-state index in [1.807, 2.05) is 0 Å². The summed E-state index contributed by atoms with van der Waals surface area (Å²) in [5.74, 6) is 0.129. The largest absolute Gasteiger partial charge is 0.467 e. The minimum Gasteiger partial charge on any atom is -0.467 e. The molecule has 3 heterocycles. The fourth-order valence-corrected chi connectivity index (χ4v) is 2.06. The number of fused-ring (bicyclic) bond motifs is 1. The van der Waals surface area contributed by atoms with Crippen molar-refractivity contribution in [1.82, 2.24) is 14.8 Å². The Hall–Kier alpha value is -2.83. The smallest absolute Gasteiger partial charge is 0.354 e. The minimum atomic E-state index is -0.567. The number of aromatic nitrogens is 3. The second-order valence-electron chi connectivity index (χ2n) is 4.41. The second kappa shape index (κ2) is 5.28. The number of hydrogen-bond donors (Lipinski definition) is 1. The fourth-order valence-electron chi connectivity index (χ4n) is 2.06. The van der Waals surface area contributed by atoms with Gasteiger partial charge in [0.2, 0.25) is 0 Å². The van der Waals surface area contributed by atoms with Gasteiger partial charge in [0.1, 0.15) is 23.6 Å². The van der Waals surface area contributed by atoms with Crippen molar-refractivity contribution >= 4 is 17.0 Å². The molecule has 0 atom stereocenters. The van der Waals surface area contributed by atoms with Crippen LogP contribution < -0.4 is 5.43 Å². The maximum absolute atomic E-state index is 12.0. The Bertz CT molecular complexity index is 830. The molecule has 0 aliphatic carbocycles. The molecule has 0 unspecified atom stereocenters. The van der Waals surface area contributed by atoms with E-state index < -0.39 is 5.97 Å². The molecule has 0 saturated heterocycles. The van der Waals surface area contributed by atoms with Crippen LogP contribution in [0.4, 0.5) is 0 Å². The molecule has 1 N–H and O–H groups in total. The topological polar surface area (TPSA) is 90.1 Å². The SMILES string of the molecule is CCOC(=O)c1cc(=O)c2cnn(Cc3ccco3)c2[nH]1. The average molecular weight is 287 g/mol. The summed E-state index contributed by atoms with van der Waals surface area (Å²) in [6.07, 6.45) is 3.03. The highest BCUT2D eigenvalue weighted by molar-refractivity contribution is 5.90. The summed E-state index contributed by atoms with van der Waals surface area (Å²) in [6, 6.07) is 4.80. The number of nitrogens with zero attached hydrogens (tertiary/aromatic N) is 2. The maximum Gasteiger partial charge on any atom is 0.354 e. The summed E-state index contributed by atoms with van der Waals surface area (Å²) in [5, 5.41) is 4.56. The van der Waals surface area contributed by atoms with Gasteiger partial charge in [0.25, 0.3) is 0 Å². The van der Waals surface area contributed by atoms with Crippen molar-refractivity contribution in [3.05, 3.63) is 52.3 Å². The number of carbonyl (C=O) groups is 1. The van der Waals surface area contributed by atoms with E-state index in [1.54, 1.807) is 30.0 Å². The Kier molecular flexibility index (Phi) is 3.31. The van der Waals surface area contributed by atoms with Crippen molar-refractivity contribution in [2.24, 2.45) is 0 Å². The summed E-state index contributed by atoms with van der Waals surface area (Å²) in [5.41, 5.74) is 0.287. The zero-order valence-corrected chi connectivity index (χ0v) is 11.3. The number of ether oxygens (including phenoxy) is 1. The quantitative estimate of drug-likeness (QED) is 0.735. The third kappa shape index (κ3) is 2.45. The molecule has 0 radical (unpaired) electrons. The molecule has 0 spiro atoms. The van der Waals surface area contributed by atoms with Crippen molar-refractivity contribution in [2.75, 3.05) is 6.61 Å². The van der Waals surface area contributed by atoms with Crippen LogP contribution in [0.15, 0.2) is 39.9 Å². The van der Waals surface area contributed by atoms with Crippen LogP contribution in [0.2, 0.25) is 0 Å². The van der Waals surface area contributed by atoms with Crippen molar-refractivity contribution in [3.63, 3.8) is 0 Å². The van der Waals surface area contributed by atoms with Crippen LogP contribution in [0.25, 0.3) is 11.0 Å². The molecular formula is C14H13N3O4. The van der Waals surface area contributed by atoms with Gasteiger partial charge in [0, 0.05) is 6.07 Å². The van der Waals surface area contributed by atoms with Crippen LogP contribution >= 0.6 is 0 Å². The molecule has 108 valence electrons. The zero-order chi connectivity index (χ0) is 14.8. The van der Waals surface area contributed by atoms with Crippen LogP contribution in [-0.2, 0) is 11.3 Å². The zero-order valence-electron chi connectivity index (χ0n) is 11.3. The van der Waals surface area contributed by atoms with E-state index >= 15 is 0 Å². The summed E-state index contributed by atoms with van der Waals surface area (Å²) in [4.78, 5) is 26.7. The van der Waals surface area contributed by atoms with Crippen molar-refractivity contribution in [3.8, 4) is 0 Å². The molecule has 21 heavy (non-hydrogen) atoms. The molecule has 3 aromatic heterocycles. The molecule has 0 aromatic carbocycles. The molecule has 0 saturated carbocycles. The van der Waals surface area contributed by atoms with E-state index in [-0.39, 0.29) is 17.7 Å². The average Bonchev–Trinajstić information content (AvgIpc) is 3.10. The van der Waals surface area contributed by atoms with Crippen LogP contribution in [0.5, 0.6) is 0 Å². The highest BCUT2D eigenvalue weighted by atomic mass is 16.5. The van der Waals surface area contributed by atoms with Gasteiger partial charge in [-0.2, -0.15) is 5.10 Å². The maximum atomic E-state index is 12.0. The summed E-state index contributed by atoms with van der Waals surface area (Å²) < 4.78 is 11.7. The molecule has 3 aromatic rings. The van der Waals surface area contributed by atoms with Gasteiger partial charge in [0.05, 0.1) is 24.5 Å². The number of furan rings is 1.